The Hall–Kier alpha value is -1.19. The molecule has 0 aliphatic heterocycles. The first-order valence-electron chi connectivity index (χ1n) is 3.86. The first-order valence-corrected chi connectivity index (χ1v) is 4.62. The Kier molecular flexibility index (Phi) is 2.61. The van der Waals surface area contributed by atoms with Crippen molar-refractivity contribution in [2.24, 2.45) is 0 Å². The molecule has 0 amide bonds. The maximum Gasteiger partial charge on any atom is 0.179 e. The van der Waals surface area contributed by atoms with Crippen LogP contribution in [0.1, 0.15) is 0 Å². The van der Waals surface area contributed by atoms with Gasteiger partial charge < -0.3 is 0 Å². The predicted molar refractivity (Wildman–Crippen MR) is 55.3 cm³/mol. The fourth-order valence-electron chi connectivity index (χ4n) is 0.968. The van der Waals surface area contributed by atoms with Gasteiger partial charge in [0.05, 0.1) is 5.02 Å². The molecule has 0 spiro atoms. The number of nitrogens with zero attached hydrogens (tertiary/aromatic N) is 3. The highest BCUT2D eigenvalue weighted by molar-refractivity contribution is 6.30. The predicted octanol–water partition coefficient (Wildman–Crippen LogP) is 2.85. The summed E-state index contributed by atoms with van der Waals surface area (Å²) in [6.45, 7) is 0. The van der Waals surface area contributed by atoms with Gasteiger partial charge in [0.2, 0.25) is 0 Å². The quantitative estimate of drug-likeness (QED) is 0.701. The van der Waals surface area contributed by atoms with Crippen molar-refractivity contribution in [3.63, 3.8) is 0 Å². The molecule has 2 aromatic rings. The molecule has 0 unspecified atom stereocenters. The number of pyridine rings is 1. The van der Waals surface area contributed by atoms with Crippen molar-refractivity contribution in [1.82, 2.24) is 15.0 Å². The summed E-state index contributed by atoms with van der Waals surface area (Å²) < 4.78 is 0. The number of rotatable bonds is 1. The summed E-state index contributed by atoms with van der Waals surface area (Å²) in [5, 5.41) is 0.975. The van der Waals surface area contributed by atoms with E-state index in [-0.39, 0.29) is 0 Å². The van der Waals surface area contributed by atoms with Crippen LogP contribution in [-0.4, -0.2) is 15.0 Å². The molecule has 0 aromatic carbocycles. The standard InChI is InChI=1S/C9H5Cl2N3/c10-6-1-2-7(13-5-6)9-12-4-3-8(11)14-9/h1-5H. The van der Waals surface area contributed by atoms with Gasteiger partial charge in [0, 0.05) is 12.4 Å². The minimum Gasteiger partial charge on any atom is -0.251 e. The fraction of sp³-hybridized carbons (Fsp3) is 0. The second-order valence-corrected chi connectivity index (χ2v) is 3.39. The summed E-state index contributed by atoms with van der Waals surface area (Å²) in [7, 11) is 0. The van der Waals surface area contributed by atoms with E-state index in [0.29, 0.717) is 21.7 Å². The van der Waals surface area contributed by atoms with Gasteiger partial charge in [0.25, 0.3) is 0 Å². The van der Waals surface area contributed by atoms with Crippen LogP contribution in [0, 0.1) is 0 Å². The van der Waals surface area contributed by atoms with E-state index in [1.165, 1.54) is 0 Å². The fourth-order valence-corrected chi connectivity index (χ4v) is 1.22. The second-order valence-electron chi connectivity index (χ2n) is 2.56. The first-order chi connectivity index (χ1) is 6.75. The van der Waals surface area contributed by atoms with E-state index in [2.05, 4.69) is 15.0 Å². The molecular formula is C9H5Cl2N3. The Morgan fingerprint density at radius 2 is 1.86 bits per heavy atom. The van der Waals surface area contributed by atoms with Crippen LogP contribution in [0.4, 0.5) is 0 Å². The SMILES string of the molecule is Clc1ccc(-c2nccc(Cl)n2)nc1. The minimum atomic E-state index is 0.395. The summed E-state index contributed by atoms with van der Waals surface area (Å²) in [4.78, 5) is 12.1. The van der Waals surface area contributed by atoms with Crippen molar-refractivity contribution >= 4 is 23.2 Å². The molecule has 0 aliphatic carbocycles. The lowest BCUT2D eigenvalue weighted by Crippen LogP contribution is -1.90. The Morgan fingerprint density at radius 1 is 1.00 bits per heavy atom. The highest BCUT2D eigenvalue weighted by Gasteiger charge is 2.02. The van der Waals surface area contributed by atoms with Crippen molar-refractivity contribution in [2.45, 2.75) is 0 Å². The molecule has 2 heterocycles. The van der Waals surface area contributed by atoms with Crippen molar-refractivity contribution in [3.8, 4) is 11.5 Å². The first kappa shape index (κ1) is 9.37. The maximum atomic E-state index is 5.72. The average Bonchev–Trinajstić information content (AvgIpc) is 2.19. The van der Waals surface area contributed by atoms with Crippen molar-refractivity contribution in [2.75, 3.05) is 0 Å². The number of aromatic nitrogens is 3. The molecule has 0 saturated heterocycles. The smallest absolute Gasteiger partial charge is 0.179 e. The van der Waals surface area contributed by atoms with E-state index in [1.54, 1.807) is 30.6 Å². The molecule has 0 aliphatic rings. The summed E-state index contributed by atoms with van der Waals surface area (Å²) >= 11 is 11.4. The summed E-state index contributed by atoms with van der Waals surface area (Å²) in [6, 6.07) is 5.09. The molecule has 70 valence electrons. The largest absolute Gasteiger partial charge is 0.251 e. The lowest BCUT2D eigenvalue weighted by atomic mass is 10.3. The average molecular weight is 226 g/mol. The van der Waals surface area contributed by atoms with Crippen LogP contribution in [-0.2, 0) is 0 Å². The second kappa shape index (κ2) is 3.90. The Balaban J connectivity index is 2.44. The molecule has 0 N–H and O–H groups in total. The molecule has 0 saturated carbocycles. The molecule has 14 heavy (non-hydrogen) atoms. The zero-order valence-electron chi connectivity index (χ0n) is 6.98. The van der Waals surface area contributed by atoms with E-state index >= 15 is 0 Å². The number of halogens is 2. The lowest BCUT2D eigenvalue weighted by molar-refractivity contribution is 1.14. The van der Waals surface area contributed by atoms with Crippen molar-refractivity contribution < 1.29 is 0 Å². The van der Waals surface area contributed by atoms with Crippen LogP contribution >= 0.6 is 23.2 Å². The normalized spacial score (nSPS) is 10.1. The van der Waals surface area contributed by atoms with Gasteiger partial charge in [-0.25, -0.2) is 9.97 Å². The summed E-state index contributed by atoms with van der Waals surface area (Å²) in [6.07, 6.45) is 3.13. The molecule has 2 aromatic heterocycles. The van der Waals surface area contributed by atoms with E-state index in [0.717, 1.165) is 0 Å². The molecule has 2 rings (SSSR count). The van der Waals surface area contributed by atoms with Crippen molar-refractivity contribution in [3.05, 3.63) is 40.8 Å². The van der Waals surface area contributed by atoms with E-state index < -0.39 is 0 Å². The topological polar surface area (TPSA) is 38.7 Å². The third-order valence-electron chi connectivity index (χ3n) is 1.58. The number of hydrogen-bond donors (Lipinski definition) is 0. The van der Waals surface area contributed by atoms with E-state index in [9.17, 15) is 0 Å². The van der Waals surface area contributed by atoms with Gasteiger partial charge in [-0.3, -0.25) is 4.98 Å². The Bertz CT molecular complexity index is 442. The van der Waals surface area contributed by atoms with Gasteiger partial charge >= 0.3 is 0 Å². The molecule has 0 bridgehead atoms. The molecule has 3 nitrogen and oxygen atoms in total. The molecule has 0 fully saturated rings. The van der Waals surface area contributed by atoms with Crippen LogP contribution in [0.5, 0.6) is 0 Å². The Labute approximate surface area is 90.8 Å². The molecule has 0 atom stereocenters. The van der Waals surface area contributed by atoms with E-state index in [4.69, 9.17) is 23.2 Å². The lowest BCUT2D eigenvalue weighted by Gasteiger charge is -1.98. The van der Waals surface area contributed by atoms with Crippen LogP contribution in [0.2, 0.25) is 10.2 Å². The zero-order chi connectivity index (χ0) is 9.97. The third kappa shape index (κ3) is 2.00. The highest BCUT2D eigenvalue weighted by Crippen LogP contribution is 2.15. The third-order valence-corrected chi connectivity index (χ3v) is 2.01. The van der Waals surface area contributed by atoms with Crippen LogP contribution < -0.4 is 0 Å². The number of hydrogen-bond acceptors (Lipinski definition) is 3. The van der Waals surface area contributed by atoms with Gasteiger partial charge in [-0.2, -0.15) is 0 Å². The van der Waals surface area contributed by atoms with Gasteiger partial charge in [0.15, 0.2) is 5.82 Å². The van der Waals surface area contributed by atoms with Gasteiger partial charge in [-0.15, -0.1) is 0 Å². The van der Waals surface area contributed by atoms with Crippen LogP contribution in [0.3, 0.4) is 0 Å². The highest BCUT2D eigenvalue weighted by atomic mass is 35.5. The van der Waals surface area contributed by atoms with Gasteiger partial charge in [-0.05, 0) is 18.2 Å². The Morgan fingerprint density at radius 3 is 2.50 bits per heavy atom. The van der Waals surface area contributed by atoms with Crippen molar-refractivity contribution in [1.29, 1.82) is 0 Å². The zero-order valence-corrected chi connectivity index (χ0v) is 8.50. The minimum absolute atomic E-state index is 0.395. The molecule has 0 radical (unpaired) electrons. The summed E-state index contributed by atoms with van der Waals surface area (Å²) in [5.41, 5.74) is 0.650. The molecule has 5 heteroatoms. The monoisotopic (exact) mass is 225 g/mol. The maximum absolute atomic E-state index is 5.72. The van der Waals surface area contributed by atoms with E-state index in [1.807, 2.05) is 0 Å². The van der Waals surface area contributed by atoms with Gasteiger partial charge in [-0.1, -0.05) is 23.2 Å². The van der Waals surface area contributed by atoms with Gasteiger partial charge in [0.1, 0.15) is 10.8 Å². The summed E-state index contributed by atoms with van der Waals surface area (Å²) in [5.74, 6) is 0.495. The van der Waals surface area contributed by atoms with Crippen LogP contribution in [0.25, 0.3) is 11.5 Å². The molecular weight excluding hydrogens is 221 g/mol. The van der Waals surface area contributed by atoms with Crippen LogP contribution in [0.15, 0.2) is 30.6 Å².